The van der Waals surface area contributed by atoms with Crippen molar-refractivity contribution in [2.24, 2.45) is 5.92 Å². The molecule has 1 aliphatic heterocycles. The molecule has 2 aliphatic rings. The van der Waals surface area contributed by atoms with E-state index in [9.17, 15) is 18.8 Å². The topological polar surface area (TPSA) is 83.5 Å². The molecule has 0 bridgehead atoms. The Morgan fingerprint density at radius 3 is 2.42 bits per heavy atom. The highest BCUT2D eigenvalue weighted by molar-refractivity contribution is 6.09. The minimum Gasteiger partial charge on any atom is -0.481 e. The summed E-state index contributed by atoms with van der Waals surface area (Å²) in [5.41, 5.74) is 0.131. The summed E-state index contributed by atoms with van der Waals surface area (Å²) in [7, 11) is 0. The van der Waals surface area contributed by atoms with E-state index in [0.717, 1.165) is 6.07 Å². The van der Waals surface area contributed by atoms with Crippen molar-refractivity contribution >= 4 is 23.3 Å². The normalized spacial score (nSPS) is 17.4. The number of rotatable bonds is 4. The molecule has 3 rings (SSSR count). The molecule has 0 saturated heterocycles. The van der Waals surface area contributed by atoms with Crippen LogP contribution in [0.3, 0.4) is 0 Å². The monoisotopic (exact) mass is 335 g/mol. The second-order valence-electron chi connectivity index (χ2n) is 6.49. The lowest BCUT2D eigenvalue weighted by molar-refractivity contribution is -0.141. The van der Waals surface area contributed by atoms with Gasteiger partial charge in [-0.1, -0.05) is 27.2 Å². The third kappa shape index (κ3) is 3.18. The predicted octanol–water partition coefficient (Wildman–Crippen LogP) is 3.52. The second kappa shape index (κ2) is 6.71. The van der Waals surface area contributed by atoms with E-state index >= 15 is 0 Å². The Labute approximate surface area is 140 Å². The van der Waals surface area contributed by atoms with Gasteiger partial charge in [0.1, 0.15) is 5.82 Å². The standard InChI is InChI=1S/C15H14FNO4.C3H8/c1-7(13(19)20)4-11(18)8-5-9-12(10(16)6-8)17-14(21)15(9)2-3-15;1-3-2/h5-7H,2-4H2,1H3,(H,17,21)(H,19,20);3H2,1-2H3. The van der Waals surface area contributed by atoms with Crippen LogP contribution < -0.4 is 5.32 Å². The Morgan fingerprint density at radius 1 is 1.33 bits per heavy atom. The Hall–Kier alpha value is -2.24. The first-order chi connectivity index (χ1) is 11.3. The molecular formula is C18H22FNO4. The maximum absolute atomic E-state index is 14.1. The van der Waals surface area contributed by atoms with Gasteiger partial charge in [-0.15, -0.1) is 0 Å². The fourth-order valence-electron chi connectivity index (χ4n) is 2.73. The number of fused-ring (bicyclic) bond motifs is 2. The second-order valence-corrected chi connectivity index (χ2v) is 6.49. The number of nitrogens with one attached hydrogen (secondary N) is 1. The average Bonchev–Trinajstić information content (AvgIpc) is 3.25. The van der Waals surface area contributed by atoms with E-state index in [1.165, 1.54) is 19.4 Å². The number of halogens is 1. The molecule has 0 radical (unpaired) electrons. The van der Waals surface area contributed by atoms with Crippen LogP contribution >= 0.6 is 0 Å². The zero-order chi connectivity index (χ0) is 18.1. The number of carbonyl (C=O) groups excluding carboxylic acids is 2. The molecule has 1 aromatic carbocycles. The van der Waals surface area contributed by atoms with Gasteiger partial charge in [-0.25, -0.2) is 4.39 Å². The zero-order valence-corrected chi connectivity index (χ0v) is 14.1. The summed E-state index contributed by atoms with van der Waals surface area (Å²) in [4.78, 5) is 34.8. The number of benzene rings is 1. The van der Waals surface area contributed by atoms with E-state index in [0.29, 0.717) is 18.4 Å². The van der Waals surface area contributed by atoms with E-state index < -0.39 is 28.9 Å². The van der Waals surface area contributed by atoms with Gasteiger partial charge in [-0.05, 0) is 30.5 Å². The lowest BCUT2D eigenvalue weighted by Gasteiger charge is -2.09. The predicted molar refractivity (Wildman–Crippen MR) is 87.7 cm³/mol. The van der Waals surface area contributed by atoms with Crippen molar-refractivity contribution < 1.29 is 23.9 Å². The number of hydrogen-bond donors (Lipinski definition) is 2. The van der Waals surface area contributed by atoms with E-state index in [1.807, 2.05) is 0 Å². The molecule has 1 heterocycles. The van der Waals surface area contributed by atoms with Crippen molar-refractivity contribution in [2.45, 2.75) is 51.9 Å². The number of ketones is 1. The molecular weight excluding hydrogens is 313 g/mol. The highest BCUT2D eigenvalue weighted by atomic mass is 19.1. The van der Waals surface area contributed by atoms with Crippen molar-refractivity contribution in [3.8, 4) is 0 Å². The molecule has 1 aromatic rings. The van der Waals surface area contributed by atoms with Crippen LogP contribution in [0.5, 0.6) is 0 Å². The highest BCUT2D eigenvalue weighted by Crippen LogP contribution is 2.55. The largest absolute Gasteiger partial charge is 0.481 e. The fourth-order valence-corrected chi connectivity index (χ4v) is 2.73. The fraction of sp³-hybridized carbons (Fsp3) is 0.500. The van der Waals surface area contributed by atoms with E-state index in [-0.39, 0.29) is 23.6 Å². The van der Waals surface area contributed by atoms with Gasteiger partial charge in [0, 0.05) is 12.0 Å². The van der Waals surface area contributed by atoms with Crippen molar-refractivity contribution in [1.29, 1.82) is 0 Å². The van der Waals surface area contributed by atoms with E-state index in [2.05, 4.69) is 19.2 Å². The lowest BCUT2D eigenvalue weighted by Crippen LogP contribution is -2.18. The van der Waals surface area contributed by atoms with Crippen LogP contribution in [0.25, 0.3) is 0 Å². The van der Waals surface area contributed by atoms with E-state index in [4.69, 9.17) is 5.11 Å². The first-order valence-electron chi connectivity index (χ1n) is 8.18. The molecule has 1 saturated carbocycles. The molecule has 6 heteroatoms. The molecule has 130 valence electrons. The number of Topliss-reactive ketones (excluding diaryl/α,β-unsaturated/α-hetero) is 1. The molecule has 0 aromatic heterocycles. The van der Waals surface area contributed by atoms with Gasteiger partial charge in [0.05, 0.1) is 17.0 Å². The van der Waals surface area contributed by atoms with Crippen molar-refractivity contribution in [2.75, 3.05) is 5.32 Å². The first-order valence-corrected chi connectivity index (χ1v) is 8.18. The van der Waals surface area contributed by atoms with Crippen LogP contribution in [0.2, 0.25) is 0 Å². The van der Waals surface area contributed by atoms with Crippen molar-refractivity contribution in [3.05, 3.63) is 29.1 Å². The quantitative estimate of drug-likeness (QED) is 0.825. The first kappa shape index (κ1) is 18.1. The summed E-state index contributed by atoms with van der Waals surface area (Å²) in [6, 6.07) is 2.59. The van der Waals surface area contributed by atoms with E-state index in [1.54, 1.807) is 0 Å². The summed E-state index contributed by atoms with van der Waals surface area (Å²) < 4.78 is 14.1. The minimum atomic E-state index is -1.07. The zero-order valence-electron chi connectivity index (χ0n) is 14.1. The Bertz CT molecular complexity index is 695. The van der Waals surface area contributed by atoms with Crippen LogP contribution in [-0.2, 0) is 15.0 Å². The van der Waals surface area contributed by atoms with Gasteiger partial charge in [-0.2, -0.15) is 0 Å². The number of carbonyl (C=O) groups is 3. The molecule has 1 unspecified atom stereocenters. The molecule has 1 fully saturated rings. The molecule has 1 aliphatic carbocycles. The summed E-state index contributed by atoms with van der Waals surface area (Å²) in [5.74, 6) is -3.19. The summed E-state index contributed by atoms with van der Waals surface area (Å²) in [6.45, 7) is 5.68. The maximum atomic E-state index is 14.1. The van der Waals surface area contributed by atoms with Crippen molar-refractivity contribution in [3.63, 3.8) is 0 Å². The number of carboxylic acid groups (broad SMARTS) is 1. The number of carboxylic acids is 1. The molecule has 1 atom stereocenters. The van der Waals surface area contributed by atoms with Crippen LogP contribution in [0, 0.1) is 11.7 Å². The van der Waals surface area contributed by atoms with Crippen molar-refractivity contribution in [1.82, 2.24) is 0 Å². The molecule has 1 amide bonds. The molecule has 5 nitrogen and oxygen atoms in total. The van der Waals surface area contributed by atoms with Crippen LogP contribution in [0.1, 0.15) is 62.4 Å². The number of hydrogen-bond acceptors (Lipinski definition) is 3. The molecule has 2 N–H and O–H groups in total. The lowest BCUT2D eigenvalue weighted by atomic mass is 9.92. The van der Waals surface area contributed by atoms with Gasteiger partial charge in [0.2, 0.25) is 5.91 Å². The Balaban J connectivity index is 0.000000647. The van der Waals surface area contributed by atoms with Crippen LogP contribution in [0.15, 0.2) is 12.1 Å². The van der Waals surface area contributed by atoms with Gasteiger partial charge in [0.25, 0.3) is 0 Å². The smallest absolute Gasteiger partial charge is 0.306 e. The molecule has 24 heavy (non-hydrogen) atoms. The summed E-state index contributed by atoms with van der Waals surface area (Å²) in [6.07, 6.45) is 2.35. The third-order valence-electron chi connectivity index (χ3n) is 4.26. The highest BCUT2D eigenvalue weighted by Gasteiger charge is 2.57. The van der Waals surface area contributed by atoms with Crippen LogP contribution in [0.4, 0.5) is 10.1 Å². The Kier molecular flexibility index (Phi) is 5.06. The maximum Gasteiger partial charge on any atom is 0.306 e. The number of anilines is 1. The third-order valence-corrected chi connectivity index (χ3v) is 4.26. The van der Waals surface area contributed by atoms with Gasteiger partial charge in [-0.3, -0.25) is 14.4 Å². The van der Waals surface area contributed by atoms with Gasteiger partial charge < -0.3 is 10.4 Å². The SMILES string of the molecule is CC(CC(=O)c1cc(F)c2c(c1)C1(CC1)C(=O)N2)C(=O)O.CCC. The summed E-state index contributed by atoms with van der Waals surface area (Å²) in [5, 5.41) is 11.4. The van der Waals surface area contributed by atoms with Gasteiger partial charge >= 0.3 is 5.97 Å². The summed E-state index contributed by atoms with van der Waals surface area (Å²) >= 11 is 0. The minimum absolute atomic E-state index is 0.127. The molecule has 1 spiro atoms. The Morgan fingerprint density at radius 2 is 1.92 bits per heavy atom. The van der Waals surface area contributed by atoms with Gasteiger partial charge in [0.15, 0.2) is 5.78 Å². The number of aliphatic carboxylic acids is 1. The van der Waals surface area contributed by atoms with Crippen LogP contribution in [-0.4, -0.2) is 22.8 Å². The number of amides is 1. The average molecular weight is 335 g/mol.